The maximum atomic E-state index is 11.7. The van der Waals surface area contributed by atoms with Gasteiger partial charge in [-0.25, -0.2) is 4.79 Å². The number of hydrogen-bond acceptors (Lipinski definition) is 4. The first-order chi connectivity index (χ1) is 16.7. The van der Waals surface area contributed by atoms with Gasteiger partial charge in [-0.05, 0) is 60.7 Å². The molecule has 1 aliphatic heterocycles. The summed E-state index contributed by atoms with van der Waals surface area (Å²) in [7, 11) is 0. The molecular weight excluding hydrogens is 428 g/mol. The van der Waals surface area contributed by atoms with Gasteiger partial charge in [-0.3, -0.25) is 4.98 Å². The number of nitrogens with zero attached hydrogens (tertiary/aromatic N) is 2. The molecule has 172 valence electrons. The average molecular weight is 455 g/mol. The number of ether oxygens (including phenoxy) is 2. The molecule has 1 fully saturated rings. The van der Waals surface area contributed by atoms with Gasteiger partial charge in [0, 0.05) is 28.7 Å². The molecule has 0 unspecified atom stereocenters. The van der Waals surface area contributed by atoms with E-state index in [2.05, 4.69) is 15.6 Å². The van der Waals surface area contributed by atoms with Gasteiger partial charge in [-0.2, -0.15) is 0 Å². The van der Waals surface area contributed by atoms with Gasteiger partial charge in [0.25, 0.3) is 0 Å². The van der Waals surface area contributed by atoms with E-state index in [-0.39, 0.29) is 0 Å². The molecular formula is C28H26N2O4. The van der Waals surface area contributed by atoms with Crippen LogP contribution in [-0.4, -0.2) is 27.2 Å². The number of carboxylic acids is 1. The fourth-order valence-electron chi connectivity index (χ4n) is 5.51. The molecule has 1 saturated carbocycles. The van der Waals surface area contributed by atoms with E-state index in [1.54, 1.807) is 18.5 Å². The van der Waals surface area contributed by atoms with Gasteiger partial charge >= 0.3 is 5.97 Å². The lowest BCUT2D eigenvalue weighted by Gasteiger charge is -2.23. The monoisotopic (exact) mass is 454 g/mol. The summed E-state index contributed by atoms with van der Waals surface area (Å²) >= 11 is 0. The third-order valence-electron chi connectivity index (χ3n) is 7.01. The third kappa shape index (κ3) is 3.59. The van der Waals surface area contributed by atoms with Crippen LogP contribution in [0.25, 0.3) is 22.2 Å². The Hall–Kier alpha value is -3.80. The largest absolute Gasteiger partial charge is 0.491 e. The lowest BCUT2D eigenvalue weighted by Crippen LogP contribution is -2.07. The summed E-state index contributed by atoms with van der Waals surface area (Å²) in [6.45, 7) is 1.16. The van der Waals surface area contributed by atoms with Crippen molar-refractivity contribution >= 4 is 16.9 Å². The van der Waals surface area contributed by atoms with E-state index in [9.17, 15) is 9.90 Å². The van der Waals surface area contributed by atoms with Crippen molar-refractivity contribution in [2.45, 2.75) is 44.6 Å². The summed E-state index contributed by atoms with van der Waals surface area (Å²) in [5.74, 6) is 1.72. The van der Waals surface area contributed by atoms with Crippen molar-refractivity contribution in [1.82, 2.24) is 9.55 Å². The minimum Gasteiger partial charge on any atom is -0.491 e. The molecule has 1 aliphatic carbocycles. The third-order valence-corrected chi connectivity index (χ3v) is 7.01. The van der Waals surface area contributed by atoms with Gasteiger partial charge in [0.2, 0.25) is 0 Å². The quantitative estimate of drug-likeness (QED) is 0.374. The van der Waals surface area contributed by atoms with Crippen molar-refractivity contribution in [3.63, 3.8) is 0 Å². The summed E-state index contributed by atoms with van der Waals surface area (Å²) in [6.07, 6.45) is 9.45. The van der Waals surface area contributed by atoms with Crippen molar-refractivity contribution in [1.29, 1.82) is 0 Å². The Labute approximate surface area is 197 Å². The van der Waals surface area contributed by atoms with E-state index >= 15 is 0 Å². The van der Waals surface area contributed by atoms with Gasteiger partial charge in [0.15, 0.2) is 0 Å². The number of carbonyl (C=O) groups is 1. The molecule has 0 saturated heterocycles. The normalized spacial score (nSPS) is 15.8. The standard InChI is InChI=1S/C28H26N2O4/c31-28(32)19-8-10-22-24(15-19)30-13-14-33-25-16-20(34-21-7-4-12-29-17-21)9-11-23(25)27(30)26(22)18-5-2-1-3-6-18/h4,7-12,15-18H,1-3,5-6,13-14H2,(H,31,32). The van der Waals surface area contributed by atoms with E-state index < -0.39 is 5.97 Å². The second kappa shape index (κ2) is 8.52. The summed E-state index contributed by atoms with van der Waals surface area (Å²) in [5, 5.41) is 10.8. The zero-order chi connectivity index (χ0) is 23.1. The smallest absolute Gasteiger partial charge is 0.335 e. The Kier molecular flexibility index (Phi) is 5.21. The second-order valence-electron chi connectivity index (χ2n) is 9.08. The highest BCUT2D eigenvalue weighted by Gasteiger charge is 2.29. The molecule has 0 radical (unpaired) electrons. The summed E-state index contributed by atoms with van der Waals surface area (Å²) in [6, 6.07) is 15.3. The van der Waals surface area contributed by atoms with Crippen LogP contribution in [0.4, 0.5) is 0 Å². The molecule has 0 amide bonds. The van der Waals surface area contributed by atoms with Crippen molar-refractivity contribution in [2.24, 2.45) is 0 Å². The lowest BCUT2D eigenvalue weighted by molar-refractivity contribution is 0.0697. The molecule has 2 aromatic carbocycles. The first-order valence-corrected chi connectivity index (χ1v) is 11.9. The van der Waals surface area contributed by atoms with Crippen LogP contribution in [0, 0.1) is 0 Å². The fourth-order valence-corrected chi connectivity index (χ4v) is 5.51. The van der Waals surface area contributed by atoms with Crippen LogP contribution in [0.3, 0.4) is 0 Å². The topological polar surface area (TPSA) is 73.6 Å². The number of hydrogen-bond donors (Lipinski definition) is 1. The van der Waals surface area contributed by atoms with Crippen LogP contribution in [0.5, 0.6) is 17.2 Å². The van der Waals surface area contributed by atoms with Gasteiger partial charge in [-0.15, -0.1) is 0 Å². The summed E-state index contributed by atoms with van der Waals surface area (Å²) < 4.78 is 14.5. The zero-order valence-electron chi connectivity index (χ0n) is 18.9. The van der Waals surface area contributed by atoms with Crippen LogP contribution in [0.1, 0.15) is 53.9 Å². The molecule has 6 rings (SSSR count). The molecule has 0 atom stereocenters. The number of rotatable bonds is 4. The lowest BCUT2D eigenvalue weighted by atomic mass is 9.81. The number of carboxylic acid groups (broad SMARTS) is 1. The first-order valence-electron chi connectivity index (χ1n) is 11.9. The molecule has 6 nitrogen and oxygen atoms in total. The number of fused-ring (bicyclic) bond motifs is 5. The van der Waals surface area contributed by atoms with Crippen molar-refractivity contribution in [2.75, 3.05) is 6.61 Å². The number of benzene rings is 2. The van der Waals surface area contributed by atoms with E-state index in [1.165, 1.54) is 24.8 Å². The summed E-state index contributed by atoms with van der Waals surface area (Å²) in [4.78, 5) is 15.8. The highest BCUT2D eigenvalue weighted by atomic mass is 16.5. The Morgan fingerprint density at radius 2 is 1.94 bits per heavy atom. The van der Waals surface area contributed by atoms with E-state index in [0.717, 1.165) is 40.8 Å². The van der Waals surface area contributed by atoms with Crippen molar-refractivity contribution in [3.05, 3.63) is 72.1 Å². The van der Waals surface area contributed by atoms with E-state index in [1.807, 2.05) is 36.4 Å². The van der Waals surface area contributed by atoms with Gasteiger partial charge in [0.05, 0.1) is 24.0 Å². The van der Waals surface area contributed by atoms with Gasteiger partial charge < -0.3 is 19.1 Å². The Morgan fingerprint density at radius 3 is 2.74 bits per heavy atom. The molecule has 6 heteroatoms. The molecule has 3 heterocycles. The molecule has 2 aliphatic rings. The SMILES string of the molecule is O=C(O)c1ccc2c(C3CCCCC3)c3n(c2c1)CCOc1cc(Oc2cccnc2)ccc1-3. The molecule has 0 bridgehead atoms. The average Bonchev–Trinajstić information content (AvgIpc) is 3.07. The molecule has 1 N–H and O–H groups in total. The van der Waals surface area contributed by atoms with Gasteiger partial charge in [-0.1, -0.05) is 25.3 Å². The maximum absolute atomic E-state index is 11.7. The van der Waals surface area contributed by atoms with E-state index in [4.69, 9.17) is 9.47 Å². The van der Waals surface area contributed by atoms with Crippen LogP contribution >= 0.6 is 0 Å². The molecule has 0 spiro atoms. The predicted octanol–water partition coefficient (Wildman–Crippen LogP) is 6.63. The molecule has 4 aromatic rings. The Bertz CT molecular complexity index is 1370. The van der Waals surface area contributed by atoms with Gasteiger partial charge in [0.1, 0.15) is 23.9 Å². The van der Waals surface area contributed by atoms with Crippen molar-refractivity contribution in [3.8, 4) is 28.5 Å². The molecule has 34 heavy (non-hydrogen) atoms. The maximum Gasteiger partial charge on any atom is 0.335 e. The minimum atomic E-state index is -0.904. The highest BCUT2D eigenvalue weighted by Crippen LogP contribution is 2.48. The van der Waals surface area contributed by atoms with Crippen LogP contribution in [-0.2, 0) is 6.54 Å². The van der Waals surface area contributed by atoms with Crippen molar-refractivity contribution < 1.29 is 19.4 Å². The minimum absolute atomic E-state index is 0.314. The highest BCUT2D eigenvalue weighted by molar-refractivity contribution is 5.98. The van der Waals surface area contributed by atoms with Crippen LogP contribution in [0.2, 0.25) is 0 Å². The summed E-state index contributed by atoms with van der Waals surface area (Å²) in [5.41, 5.74) is 4.81. The molecule has 2 aromatic heterocycles. The Balaban J connectivity index is 1.53. The predicted molar refractivity (Wildman–Crippen MR) is 130 cm³/mol. The van der Waals surface area contributed by atoms with Crippen LogP contribution in [0.15, 0.2) is 60.9 Å². The fraction of sp³-hybridized carbons (Fsp3) is 0.286. The van der Waals surface area contributed by atoms with Crippen LogP contribution < -0.4 is 9.47 Å². The number of aromatic nitrogens is 2. The first kappa shape index (κ1) is 20.8. The number of pyridine rings is 1. The zero-order valence-corrected chi connectivity index (χ0v) is 18.9. The second-order valence-corrected chi connectivity index (χ2v) is 9.08. The number of aromatic carboxylic acids is 1. The van der Waals surface area contributed by atoms with E-state index in [0.29, 0.717) is 36.1 Å². The Morgan fingerprint density at radius 1 is 1.06 bits per heavy atom.